The first-order valence-electron chi connectivity index (χ1n) is 11.0. The predicted octanol–water partition coefficient (Wildman–Crippen LogP) is 5.62. The molecule has 3 rings (SSSR count). The first-order valence-corrected chi connectivity index (χ1v) is 11.0. The summed E-state index contributed by atoms with van der Waals surface area (Å²) in [6.07, 6.45) is 1.30. The van der Waals surface area contributed by atoms with Gasteiger partial charge in [-0.1, -0.05) is 54.6 Å². The van der Waals surface area contributed by atoms with Crippen molar-refractivity contribution in [2.24, 2.45) is 0 Å². The lowest BCUT2D eigenvalue weighted by molar-refractivity contribution is -0.149. The fourth-order valence-electron chi connectivity index (χ4n) is 3.31. The second-order valence-corrected chi connectivity index (χ2v) is 7.42. The molecule has 0 fully saturated rings. The number of carbonyl (C=O) groups is 1. The lowest BCUT2D eigenvalue weighted by Gasteiger charge is -2.13. The zero-order valence-corrected chi connectivity index (χ0v) is 18.4. The van der Waals surface area contributed by atoms with E-state index in [1.165, 1.54) is 11.1 Å². The third-order valence-electron chi connectivity index (χ3n) is 5.03. The lowest BCUT2D eigenvalue weighted by Crippen LogP contribution is -2.26. The minimum Gasteiger partial charge on any atom is -0.494 e. The molecule has 0 spiro atoms. The molecule has 1 N–H and O–H groups in total. The highest BCUT2D eigenvalue weighted by Gasteiger charge is 2.17. The number of aliphatic carboxylic acids is 1. The van der Waals surface area contributed by atoms with Crippen LogP contribution in [0.15, 0.2) is 78.9 Å². The van der Waals surface area contributed by atoms with Gasteiger partial charge in [-0.2, -0.15) is 0 Å². The van der Waals surface area contributed by atoms with Gasteiger partial charge in [0.15, 0.2) is 6.10 Å². The maximum absolute atomic E-state index is 11.2. The molecule has 0 heterocycles. The maximum Gasteiger partial charge on any atom is 0.333 e. The molecule has 5 nitrogen and oxygen atoms in total. The molecule has 3 aromatic rings. The quantitative estimate of drug-likeness (QED) is 0.354. The summed E-state index contributed by atoms with van der Waals surface area (Å²) in [5, 5.41) is 9.18. The number of hydrogen-bond acceptors (Lipinski definition) is 4. The standard InChI is InChI=1S/C27H30O5/c1-2-30-26(27(28)29)20-21-10-14-24(15-11-21)31-18-6-7-19-32-25-16-12-23(13-17-25)22-8-4-3-5-9-22/h3-5,8-17,26H,2,6-7,18-20H2,1H3,(H,28,29). The van der Waals surface area contributed by atoms with Gasteiger partial charge in [-0.05, 0) is 60.7 Å². The molecule has 0 aliphatic heterocycles. The Morgan fingerprint density at radius 2 is 1.31 bits per heavy atom. The van der Waals surface area contributed by atoms with Gasteiger partial charge in [0.25, 0.3) is 0 Å². The summed E-state index contributed by atoms with van der Waals surface area (Å²) in [5.41, 5.74) is 3.28. The summed E-state index contributed by atoms with van der Waals surface area (Å²) in [6.45, 7) is 3.41. The summed E-state index contributed by atoms with van der Waals surface area (Å²) in [5.74, 6) is 0.698. The van der Waals surface area contributed by atoms with Crippen LogP contribution in [0, 0.1) is 0 Å². The molecule has 0 radical (unpaired) electrons. The van der Waals surface area contributed by atoms with E-state index in [0.717, 1.165) is 29.9 Å². The van der Waals surface area contributed by atoms with Crippen LogP contribution >= 0.6 is 0 Å². The molecule has 0 saturated carbocycles. The van der Waals surface area contributed by atoms with Crippen LogP contribution in [0.25, 0.3) is 11.1 Å². The Balaban J connectivity index is 1.33. The highest BCUT2D eigenvalue weighted by Crippen LogP contribution is 2.22. The second kappa shape index (κ2) is 12.5. The molecule has 32 heavy (non-hydrogen) atoms. The van der Waals surface area contributed by atoms with Crippen LogP contribution in [0.4, 0.5) is 0 Å². The van der Waals surface area contributed by atoms with Crippen LogP contribution in [0.2, 0.25) is 0 Å². The van der Waals surface area contributed by atoms with Gasteiger partial charge in [0.05, 0.1) is 13.2 Å². The molecule has 0 amide bonds. The average molecular weight is 435 g/mol. The van der Waals surface area contributed by atoms with Gasteiger partial charge in [-0.3, -0.25) is 0 Å². The summed E-state index contributed by atoms with van der Waals surface area (Å²) in [4.78, 5) is 11.2. The Bertz CT molecular complexity index is 936. The number of ether oxygens (including phenoxy) is 3. The third-order valence-corrected chi connectivity index (χ3v) is 5.03. The van der Waals surface area contributed by atoms with Crippen molar-refractivity contribution in [1.82, 2.24) is 0 Å². The third kappa shape index (κ3) is 7.43. The van der Waals surface area contributed by atoms with E-state index in [9.17, 15) is 9.90 Å². The maximum atomic E-state index is 11.2. The van der Waals surface area contributed by atoms with Gasteiger partial charge in [0.2, 0.25) is 0 Å². The lowest BCUT2D eigenvalue weighted by atomic mass is 10.1. The normalized spacial score (nSPS) is 11.7. The topological polar surface area (TPSA) is 65.0 Å². The number of rotatable bonds is 13. The molecular formula is C27H30O5. The molecule has 1 unspecified atom stereocenters. The van der Waals surface area contributed by atoms with Crippen LogP contribution in [0.5, 0.6) is 11.5 Å². The van der Waals surface area contributed by atoms with E-state index in [0.29, 0.717) is 26.2 Å². The zero-order chi connectivity index (χ0) is 22.6. The number of unbranched alkanes of at least 4 members (excludes halogenated alkanes) is 1. The number of carboxylic acids is 1. The summed E-state index contributed by atoms with van der Waals surface area (Å²) >= 11 is 0. The first-order chi connectivity index (χ1) is 15.7. The number of hydrogen-bond donors (Lipinski definition) is 1. The van der Waals surface area contributed by atoms with Gasteiger partial charge in [-0.25, -0.2) is 4.79 Å². The molecule has 1 atom stereocenters. The van der Waals surface area contributed by atoms with Crippen molar-refractivity contribution < 1.29 is 24.1 Å². The first kappa shape index (κ1) is 23.4. The Kier molecular flexibility index (Phi) is 9.14. The molecule has 0 bridgehead atoms. The monoisotopic (exact) mass is 434 g/mol. The van der Waals surface area contributed by atoms with Crippen LogP contribution in [0.1, 0.15) is 25.3 Å². The minimum atomic E-state index is -0.943. The van der Waals surface area contributed by atoms with Gasteiger partial charge in [0.1, 0.15) is 11.5 Å². The van der Waals surface area contributed by atoms with Gasteiger partial charge >= 0.3 is 5.97 Å². The average Bonchev–Trinajstić information content (AvgIpc) is 2.83. The SMILES string of the molecule is CCOC(Cc1ccc(OCCCCOc2ccc(-c3ccccc3)cc2)cc1)C(=O)O. The largest absolute Gasteiger partial charge is 0.494 e. The summed E-state index contributed by atoms with van der Waals surface area (Å²) in [6, 6.07) is 25.9. The molecule has 0 aliphatic carbocycles. The van der Waals surface area contributed by atoms with Gasteiger partial charge in [0, 0.05) is 13.0 Å². The van der Waals surface area contributed by atoms with Crippen molar-refractivity contribution in [3.63, 3.8) is 0 Å². The molecule has 0 saturated heterocycles. The highest BCUT2D eigenvalue weighted by atomic mass is 16.5. The fraction of sp³-hybridized carbons (Fsp3) is 0.296. The van der Waals surface area contributed by atoms with E-state index in [1.54, 1.807) is 6.92 Å². The van der Waals surface area contributed by atoms with E-state index < -0.39 is 12.1 Å². The van der Waals surface area contributed by atoms with Crippen LogP contribution in [-0.4, -0.2) is 37.0 Å². The molecule has 5 heteroatoms. The fourth-order valence-corrected chi connectivity index (χ4v) is 3.31. The van der Waals surface area contributed by atoms with Crippen LogP contribution in [-0.2, 0) is 16.0 Å². The van der Waals surface area contributed by atoms with Crippen molar-refractivity contribution in [1.29, 1.82) is 0 Å². The Morgan fingerprint density at radius 3 is 1.84 bits per heavy atom. The van der Waals surface area contributed by atoms with E-state index in [4.69, 9.17) is 14.2 Å². The van der Waals surface area contributed by atoms with Gasteiger partial charge in [-0.15, -0.1) is 0 Å². The number of benzene rings is 3. The molecule has 0 aromatic heterocycles. The molecule has 0 aliphatic rings. The number of carboxylic acid groups (broad SMARTS) is 1. The van der Waals surface area contributed by atoms with Crippen molar-refractivity contribution in [2.75, 3.05) is 19.8 Å². The van der Waals surface area contributed by atoms with Crippen molar-refractivity contribution in [2.45, 2.75) is 32.3 Å². The summed E-state index contributed by atoms with van der Waals surface area (Å²) < 4.78 is 16.9. The van der Waals surface area contributed by atoms with E-state index in [-0.39, 0.29) is 0 Å². The summed E-state index contributed by atoms with van der Waals surface area (Å²) in [7, 11) is 0. The zero-order valence-electron chi connectivity index (χ0n) is 18.4. The van der Waals surface area contributed by atoms with Crippen LogP contribution in [0.3, 0.4) is 0 Å². The molecular weight excluding hydrogens is 404 g/mol. The smallest absolute Gasteiger partial charge is 0.333 e. The van der Waals surface area contributed by atoms with E-state index in [2.05, 4.69) is 24.3 Å². The Labute approximate surface area is 189 Å². The second-order valence-electron chi connectivity index (χ2n) is 7.42. The van der Waals surface area contributed by atoms with Crippen molar-refractivity contribution in [3.8, 4) is 22.6 Å². The van der Waals surface area contributed by atoms with Crippen molar-refractivity contribution in [3.05, 3.63) is 84.4 Å². The highest BCUT2D eigenvalue weighted by molar-refractivity contribution is 5.72. The van der Waals surface area contributed by atoms with Gasteiger partial charge < -0.3 is 19.3 Å². The van der Waals surface area contributed by atoms with Crippen LogP contribution < -0.4 is 9.47 Å². The minimum absolute atomic E-state index is 0.340. The predicted molar refractivity (Wildman–Crippen MR) is 125 cm³/mol. The van der Waals surface area contributed by atoms with E-state index in [1.807, 2.05) is 54.6 Å². The molecule has 168 valence electrons. The van der Waals surface area contributed by atoms with E-state index >= 15 is 0 Å². The Morgan fingerprint density at radius 1 is 0.781 bits per heavy atom. The molecule has 3 aromatic carbocycles. The Hall–Kier alpha value is -3.31. The van der Waals surface area contributed by atoms with Crippen molar-refractivity contribution >= 4 is 5.97 Å².